The third kappa shape index (κ3) is 1.73. The van der Waals surface area contributed by atoms with E-state index in [-0.39, 0.29) is 18.2 Å². The van der Waals surface area contributed by atoms with Gasteiger partial charge >= 0.3 is 0 Å². The zero-order chi connectivity index (χ0) is 10.0. The number of nitrogens with zero attached hydrogens (tertiary/aromatic N) is 1. The molecule has 13 heavy (non-hydrogen) atoms. The number of ether oxygens (including phenoxy) is 1. The largest absolute Gasteiger partial charge is 0.361 e. The van der Waals surface area contributed by atoms with Crippen LogP contribution in [0, 0.1) is 0 Å². The summed E-state index contributed by atoms with van der Waals surface area (Å²) in [5.74, 6) is -0.593. The molecule has 0 aromatic rings. The van der Waals surface area contributed by atoms with E-state index in [1.165, 1.54) is 7.11 Å². The Hall–Kier alpha value is -0.875. The molecule has 6 heteroatoms. The first-order valence-electron chi connectivity index (χ1n) is 3.96. The van der Waals surface area contributed by atoms with Crippen LogP contribution < -0.4 is 5.23 Å². The van der Waals surface area contributed by atoms with Gasteiger partial charge in [-0.2, -0.15) is 0 Å². The fraction of sp³-hybridized carbons (Fsp3) is 0.714. The van der Waals surface area contributed by atoms with Crippen LogP contribution in [0.5, 0.6) is 0 Å². The van der Waals surface area contributed by atoms with Crippen molar-refractivity contribution in [3.63, 3.8) is 0 Å². The Morgan fingerprint density at radius 2 is 2.31 bits per heavy atom. The van der Waals surface area contributed by atoms with Crippen molar-refractivity contribution >= 4 is 19.8 Å². The molecule has 0 bridgehead atoms. The third-order valence-electron chi connectivity index (χ3n) is 2.09. The van der Waals surface area contributed by atoms with Crippen LogP contribution in [-0.4, -0.2) is 44.1 Å². The Morgan fingerprint density at radius 3 is 2.69 bits per heavy atom. The van der Waals surface area contributed by atoms with Crippen LogP contribution in [0.4, 0.5) is 0 Å². The van der Waals surface area contributed by atoms with Crippen LogP contribution >= 0.6 is 0 Å². The van der Waals surface area contributed by atoms with Gasteiger partial charge in [0.05, 0.1) is 12.5 Å². The topological polar surface area (TPSA) is 58.6 Å². The van der Waals surface area contributed by atoms with Gasteiger partial charge < -0.3 is 9.96 Å². The number of rotatable bonds is 3. The minimum Gasteiger partial charge on any atom is -0.361 e. The van der Waals surface area contributed by atoms with Crippen molar-refractivity contribution in [3.8, 4) is 0 Å². The van der Waals surface area contributed by atoms with Crippen LogP contribution in [0.2, 0.25) is 0 Å². The zero-order valence-electron chi connectivity index (χ0n) is 7.61. The van der Waals surface area contributed by atoms with E-state index in [0.29, 0.717) is 0 Å². The first kappa shape index (κ1) is 10.2. The molecule has 1 fully saturated rings. The molecule has 2 amide bonds. The van der Waals surface area contributed by atoms with Crippen molar-refractivity contribution in [2.45, 2.75) is 25.6 Å². The second kappa shape index (κ2) is 3.89. The molecule has 1 aliphatic heterocycles. The molecule has 1 rings (SSSR count). The van der Waals surface area contributed by atoms with Gasteiger partial charge in [-0.3, -0.25) is 14.5 Å². The minimum atomic E-state index is -0.606. The van der Waals surface area contributed by atoms with E-state index in [9.17, 15) is 9.59 Å². The number of nitrogens with one attached hydrogen (secondary N) is 1. The van der Waals surface area contributed by atoms with Gasteiger partial charge in [0.2, 0.25) is 11.8 Å². The number of likely N-dealkylation sites (tertiary alicyclic amines) is 1. The van der Waals surface area contributed by atoms with Crippen LogP contribution in [0.3, 0.4) is 0 Å². The highest BCUT2D eigenvalue weighted by atomic mass is 16.5. The number of hydrogen-bond acceptors (Lipinski definition) is 4. The maximum Gasteiger partial charge on any atom is 0.247 e. The van der Waals surface area contributed by atoms with Gasteiger partial charge in [-0.05, 0) is 6.92 Å². The standard InChI is InChI=1S/C7H11BN2O3/c1-4(13-2)10-6(11)3-5(9-8)7(10)12/h4-5,9H,3H2,1-2H3. The maximum atomic E-state index is 11.4. The van der Waals surface area contributed by atoms with E-state index in [4.69, 9.17) is 12.7 Å². The average Bonchev–Trinajstić information content (AvgIpc) is 2.40. The highest BCUT2D eigenvalue weighted by molar-refractivity contribution is 6.12. The molecule has 5 nitrogen and oxygen atoms in total. The highest BCUT2D eigenvalue weighted by Gasteiger charge is 2.39. The van der Waals surface area contributed by atoms with Gasteiger partial charge in [-0.1, -0.05) is 0 Å². The lowest BCUT2D eigenvalue weighted by Crippen LogP contribution is -2.43. The molecular formula is C7H11BN2O3. The number of amides is 2. The van der Waals surface area contributed by atoms with E-state index in [1.807, 2.05) is 0 Å². The SMILES string of the molecule is [B]NC1CC(=O)N(C(C)OC)C1=O. The molecule has 0 aromatic heterocycles. The molecular weight excluding hydrogens is 171 g/mol. The summed E-state index contributed by atoms with van der Waals surface area (Å²) in [4.78, 5) is 23.8. The zero-order valence-corrected chi connectivity index (χ0v) is 7.61. The summed E-state index contributed by atoms with van der Waals surface area (Å²) < 4.78 is 4.88. The van der Waals surface area contributed by atoms with Crippen molar-refractivity contribution in [3.05, 3.63) is 0 Å². The second-order valence-electron chi connectivity index (χ2n) is 2.86. The predicted octanol–water partition coefficient (Wildman–Crippen LogP) is -1.22. The van der Waals surface area contributed by atoms with E-state index < -0.39 is 12.3 Å². The summed E-state index contributed by atoms with van der Waals surface area (Å²) in [5, 5.41) is 2.29. The molecule has 2 atom stereocenters. The van der Waals surface area contributed by atoms with E-state index >= 15 is 0 Å². The second-order valence-corrected chi connectivity index (χ2v) is 2.86. The van der Waals surface area contributed by atoms with Gasteiger partial charge in [-0.25, -0.2) is 0 Å². The van der Waals surface area contributed by atoms with Crippen LogP contribution in [0.15, 0.2) is 0 Å². The van der Waals surface area contributed by atoms with Crippen molar-refractivity contribution in [2.75, 3.05) is 7.11 Å². The summed E-state index contributed by atoms with van der Waals surface area (Å²) in [6, 6.07) is -0.606. The van der Waals surface area contributed by atoms with E-state index in [2.05, 4.69) is 5.23 Å². The van der Waals surface area contributed by atoms with Crippen LogP contribution in [0.1, 0.15) is 13.3 Å². The lowest BCUT2D eigenvalue weighted by Gasteiger charge is -2.21. The van der Waals surface area contributed by atoms with E-state index in [0.717, 1.165) is 4.90 Å². The van der Waals surface area contributed by atoms with Crippen molar-refractivity contribution < 1.29 is 14.3 Å². The molecule has 0 spiro atoms. The van der Waals surface area contributed by atoms with Gasteiger partial charge in [0.25, 0.3) is 0 Å². The van der Waals surface area contributed by atoms with Gasteiger partial charge in [0.1, 0.15) is 6.23 Å². The van der Waals surface area contributed by atoms with Crippen molar-refractivity contribution in [2.24, 2.45) is 0 Å². The lowest BCUT2D eigenvalue weighted by atomic mass is 10.2. The molecule has 1 aliphatic rings. The van der Waals surface area contributed by atoms with Crippen LogP contribution in [-0.2, 0) is 14.3 Å². The van der Waals surface area contributed by atoms with Crippen molar-refractivity contribution in [1.82, 2.24) is 10.1 Å². The summed E-state index contributed by atoms with van der Waals surface area (Å²) in [5.41, 5.74) is 0. The third-order valence-corrected chi connectivity index (χ3v) is 2.09. The summed E-state index contributed by atoms with van der Waals surface area (Å²) in [6.45, 7) is 1.63. The monoisotopic (exact) mass is 182 g/mol. The quantitative estimate of drug-likeness (QED) is 0.439. The minimum absolute atomic E-state index is 0.100. The number of hydrogen-bond donors (Lipinski definition) is 1. The first-order valence-corrected chi connectivity index (χ1v) is 3.96. The van der Waals surface area contributed by atoms with Crippen LogP contribution in [0.25, 0.3) is 0 Å². The van der Waals surface area contributed by atoms with Crippen molar-refractivity contribution in [1.29, 1.82) is 0 Å². The molecule has 70 valence electrons. The molecule has 0 aromatic carbocycles. The van der Waals surface area contributed by atoms with Gasteiger partial charge in [0.15, 0.2) is 7.98 Å². The molecule has 2 radical (unpaired) electrons. The van der Waals surface area contributed by atoms with Gasteiger partial charge in [-0.15, -0.1) is 0 Å². The fourth-order valence-electron chi connectivity index (χ4n) is 1.27. The Bertz CT molecular complexity index is 234. The molecule has 2 unspecified atom stereocenters. The normalized spacial score (nSPS) is 25.4. The Labute approximate surface area is 77.8 Å². The molecule has 0 saturated carbocycles. The predicted molar refractivity (Wildman–Crippen MR) is 45.6 cm³/mol. The number of imide groups is 1. The average molecular weight is 182 g/mol. The molecule has 1 saturated heterocycles. The Kier molecular flexibility index (Phi) is 3.05. The summed E-state index contributed by atoms with van der Waals surface area (Å²) >= 11 is 0. The highest BCUT2D eigenvalue weighted by Crippen LogP contribution is 2.15. The maximum absolute atomic E-state index is 11.4. The fourth-order valence-corrected chi connectivity index (χ4v) is 1.27. The lowest BCUT2D eigenvalue weighted by molar-refractivity contribution is -0.150. The number of methoxy groups -OCH3 is 1. The molecule has 0 aliphatic carbocycles. The smallest absolute Gasteiger partial charge is 0.247 e. The molecule has 1 N–H and O–H groups in total. The first-order chi connectivity index (χ1) is 6.11. The number of carbonyl (C=O) groups excluding carboxylic acids is 2. The Balaban J connectivity index is 2.75. The molecule has 1 heterocycles. The van der Waals surface area contributed by atoms with Gasteiger partial charge in [0, 0.05) is 7.11 Å². The summed E-state index contributed by atoms with van der Waals surface area (Å²) in [7, 11) is 6.54. The Morgan fingerprint density at radius 1 is 1.69 bits per heavy atom. The number of carbonyl (C=O) groups is 2. The summed E-state index contributed by atoms with van der Waals surface area (Å²) in [6.07, 6.45) is -0.429. The van der Waals surface area contributed by atoms with E-state index in [1.54, 1.807) is 6.92 Å².